The summed E-state index contributed by atoms with van der Waals surface area (Å²) in [6, 6.07) is 17.3. The Balaban J connectivity index is 1.42. The third kappa shape index (κ3) is 6.20. The number of carboxylic acids is 1. The van der Waals surface area contributed by atoms with Crippen molar-refractivity contribution in [2.45, 2.75) is 26.0 Å². The molecule has 5 aromatic rings. The minimum atomic E-state index is -1.10. The lowest BCUT2D eigenvalue weighted by Gasteiger charge is -2.22. The lowest BCUT2D eigenvalue weighted by atomic mass is 9.98. The standard InChI is InChI=1S/C35H34N4O9/c1-37(2)12-13-39-33-22(9-8-20-15-29-30(16-23(20)33)47-19-46-29)24-14-21(18-40)28(17-25(24)34(39)44)48-35(45)38(3)27-7-5-4-6-26(27)36-31(41)10-11-32(42)43/h4-9,14-17,40H,10-13,18-19H2,1-3H3,(H,36,41)(H,42,43). The number of amides is 2. The summed E-state index contributed by atoms with van der Waals surface area (Å²) >= 11 is 0. The second kappa shape index (κ2) is 13.2. The molecule has 0 bridgehead atoms. The molecule has 2 amide bonds. The first-order valence-electron chi connectivity index (χ1n) is 15.2. The van der Waals surface area contributed by atoms with Crippen LogP contribution in [-0.2, 0) is 22.7 Å². The summed E-state index contributed by atoms with van der Waals surface area (Å²) in [4.78, 5) is 54.1. The van der Waals surface area contributed by atoms with Crippen LogP contribution in [0.5, 0.6) is 17.2 Å². The number of carbonyl (C=O) groups excluding carboxylic acids is 2. The summed E-state index contributed by atoms with van der Waals surface area (Å²) in [5.74, 6) is -0.408. The molecule has 0 saturated carbocycles. The smallest absolute Gasteiger partial charge is 0.419 e. The Morgan fingerprint density at radius 3 is 2.40 bits per heavy atom. The van der Waals surface area contributed by atoms with E-state index in [1.807, 2.05) is 43.3 Å². The van der Waals surface area contributed by atoms with Crippen LogP contribution in [0.3, 0.4) is 0 Å². The zero-order chi connectivity index (χ0) is 34.1. The quantitative estimate of drug-likeness (QED) is 0.183. The third-order valence-corrected chi connectivity index (χ3v) is 8.24. The molecule has 6 rings (SSSR count). The van der Waals surface area contributed by atoms with Crippen molar-refractivity contribution in [1.82, 2.24) is 9.47 Å². The minimum Gasteiger partial charge on any atom is -0.481 e. The van der Waals surface area contributed by atoms with Gasteiger partial charge in [-0.1, -0.05) is 24.3 Å². The Bertz CT molecular complexity index is 2160. The number of para-hydroxylation sites is 2. The predicted octanol–water partition coefficient (Wildman–Crippen LogP) is 4.53. The van der Waals surface area contributed by atoms with Gasteiger partial charge in [-0.15, -0.1) is 0 Å². The first-order valence-corrected chi connectivity index (χ1v) is 15.2. The highest BCUT2D eigenvalue weighted by atomic mass is 16.7. The van der Waals surface area contributed by atoms with Crippen LogP contribution in [0, 0.1) is 0 Å². The highest BCUT2D eigenvalue weighted by Crippen LogP contribution is 2.40. The number of carboxylic acid groups (broad SMARTS) is 1. The molecule has 0 fully saturated rings. The number of pyridine rings is 1. The number of fused-ring (bicyclic) bond motifs is 6. The van der Waals surface area contributed by atoms with Crippen LogP contribution in [0.15, 0.2) is 65.5 Å². The molecule has 0 atom stereocenters. The number of benzene rings is 4. The maximum Gasteiger partial charge on any atom is 0.419 e. The van der Waals surface area contributed by atoms with Crippen LogP contribution in [0.1, 0.15) is 18.4 Å². The maximum atomic E-state index is 14.3. The number of hydrogen-bond acceptors (Lipinski definition) is 9. The molecule has 0 saturated heterocycles. The highest BCUT2D eigenvalue weighted by Gasteiger charge is 2.23. The number of carbonyl (C=O) groups is 3. The number of aliphatic hydroxyl groups is 1. The van der Waals surface area contributed by atoms with E-state index in [1.165, 1.54) is 18.0 Å². The number of nitrogens with zero attached hydrogens (tertiary/aromatic N) is 3. The van der Waals surface area contributed by atoms with Gasteiger partial charge in [-0.3, -0.25) is 19.3 Å². The fourth-order valence-electron chi connectivity index (χ4n) is 5.78. The monoisotopic (exact) mass is 654 g/mol. The van der Waals surface area contributed by atoms with Gasteiger partial charge in [0.25, 0.3) is 5.56 Å². The van der Waals surface area contributed by atoms with Gasteiger partial charge in [-0.05, 0) is 61.3 Å². The molecule has 13 nitrogen and oxygen atoms in total. The average Bonchev–Trinajstić information content (AvgIpc) is 3.53. The van der Waals surface area contributed by atoms with Crippen molar-refractivity contribution in [1.29, 1.82) is 0 Å². The van der Waals surface area contributed by atoms with Gasteiger partial charge in [0.15, 0.2) is 11.5 Å². The van der Waals surface area contributed by atoms with E-state index in [2.05, 4.69) is 5.32 Å². The van der Waals surface area contributed by atoms with Gasteiger partial charge in [0.05, 0.1) is 35.3 Å². The van der Waals surface area contributed by atoms with E-state index in [1.54, 1.807) is 34.9 Å². The van der Waals surface area contributed by atoms with Gasteiger partial charge < -0.3 is 39.2 Å². The molecule has 0 spiro atoms. The SMILES string of the molecule is CN(C)CCn1c(=O)c2cc(OC(=O)N(C)c3ccccc3NC(=O)CCC(=O)O)c(CO)cc2c2ccc3cc4c(cc3c21)OCO4. The molecular formula is C35H34N4O9. The number of likely N-dealkylation sites (N-methyl/N-ethyl adjacent to an activating group) is 1. The molecule has 4 aromatic carbocycles. The molecular weight excluding hydrogens is 620 g/mol. The molecule has 48 heavy (non-hydrogen) atoms. The van der Waals surface area contributed by atoms with Gasteiger partial charge in [-0.2, -0.15) is 0 Å². The zero-order valence-electron chi connectivity index (χ0n) is 26.6. The zero-order valence-corrected chi connectivity index (χ0v) is 26.6. The van der Waals surface area contributed by atoms with Crippen LogP contribution < -0.4 is 30.0 Å². The van der Waals surface area contributed by atoms with E-state index in [4.69, 9.17) is 19.3 Å². The van der Waals surface area contributed by atoms with E-state index < -0.39 is 24.6 Å². The number of ether oxygens (including phenoxy) is 3. The summed E-state index contributed by atoms with van der Waals surface area (Å²) in [6.07, 6.45) is -1.42. The fourth-order valence-corrected chi connectivity index (χ4v) is 5.78. The van der Waals surface area contributed by atoms with E-state index in [-0.39, 0.29) is 42.2 Å². The summed E-state index contributed by atoms with van der Waals surface area (Å²) < 4.78 is 18.7. The number of anilines is 2. The van der Waals surface area contributed by atoms with E-state index >= 15 is 0 Å². The second-order valence-electron chi connectivity index (χ2n) is 11.7. The fraction of sp³-hybridized carbons (Fsp3) is 0.257. The molecule has 2 heterocycles. The molecule has 0 unspecified atom stereocenters. The second-order valence-corrected chi connectivity index (χ2v) is 11.7. The van der Waals surface area contributed by atoms with Crippen molar-refractivity contribution in [3.8, 4) is 17.2 Å². The number of hydrogen-bond donors (Lipinski definition) is 3. The molecule has 0 aliphatic carbocycles. The van der Waals surface area contributed by atoms with Gasteiger partial charge in [0.1, 0.15) is 5.75 Å². The Hall–Kier alpha value is -5.66. The summed E-state index contributed by atoms with van der Waals surface area (Å²) in [6.45, 7) is 0.592. The molecule has 1 aliphatic heterocycles. The van der Waals surface area contributed by atoms with Gasteiger partial charge in [0, 0.05) is 42.9 Å². The van der Waals surface area contributed by atoms with E-state index in [9.17, 15) is 24.3 Å². The molecule has 1 aliphatic rings. The highest BCUT2D eigenvalue weighted by molar-refractivity contribution is 6.16. The molecule has 3 N–H and O–H groups in total. The van der Waals surface area contributed by atoms with E-state index in [0.717, 1.165) is 16.2 Å². The minimum absolute atomic E-state index is 0.00425. The van der Waals surface area contributed by atoms with Crippen molar-refractivity contribution < 1.29 is 38.8 Å². The summed E-state index contributed by atoms with van der Waals surface area (Å²) in [7, 11) is 5.29. The molecule has 248 valence electrons. The lowest BCUT2D eigenvalue weighted by molar-refractivity contribution is -0.138. The first kappa shape index (κ1) is 32.3. The topological polar surface area (TPSA) is 160 Å². The lowest BCUT2D eigenvalue weighted by Crippen LogP contribution is -2.31. The van der Waals surface area contributed by atoms with Crippen molar-refractivity contribution in [2.75, 3.05) is 44.7 Å². The average molecular weight is 655 g/mol. The third-order valence-electron chi connectivity index (χ3n) is 8.24. The van der Waals surface area contributed by atoms with Crippen LogP contribution in [0.25, 0.3) is 32.4 Å². The van der Waals surface area contributed by atoms with Crippen LogP contribution in [0.4, 0.5) is 16.2 Å². The molecule has 0 radical (unpaired) electrons. The van der Waals surface area contributed by atoms with Crippen LogP contribution in [-0.4, -0.2) is 72.1 Å². The first-order chi connectivity index (χ1) is 23.0. The van der Waals surface area contributed by atoms with Crippen molar-refractivity contribution in [3.63, 3.8) is 0 Å². The predicted molar refractivity (Wildman–Crippen MR) is 180 cm³/mol. The number of aromatic nitrogens is 1. The largest absolute Gasteiger partial charge is 0.481 e. The van der Waals surface area contributed by atoms with E-state index in [0.29, 0.717) is 46.6 Å². The van der Waals surface area contributed by atoms with Gasteiger partial charge in [0.2, 0.25) is 12.7 Å². The number of nitrogens with one attached hydrogen (secondary N) is 1. The maximum absolute atomic E-state index is 14.3. The molecule has 1 aromatic heterocycles. The number of aliphatic carboxylic acids is 1. The van der Waals surface area contributed by atoms with Crippen molar-refractivity contribution >= 4 is 61.8 Å². The Labute approximate surface area is 274 Å². The summed E-state index contributed by atoms with van der Waals surface area (Å²) in [5, 5.41) is 25.3. The number of aliphatic hydroxyl groups excluding tert-OH is 1. The van der Waals surface area contributed by atoms with Crippen molar-refractivity contribution in [2.24, 2.45) is 0 Å². The Morgan fingerprint density at radius 2 is 1.67 bits per heavy atom. The van der Waals surface area contributed by atoms with Crippen LogP contribution >= 0.6 is 0 Å². The summed E-state index contributed by atoms with van der Waals surface area (Å²) in [5.41, 5.74) is 1.27. The normalized spacial score (nSPS) is 12.2. The van der Waals surface area contributed by atoms with Crippen molar-refractivity contribution in [3.05, 3.63) is 76.6 Å². The van der Waals surface area contributed by atoms with Gasteiger partial charge in [-0.25, -0.2) is 4.79 Å². The van der Waals surface area contributed by atoms with Crippen LogP contribution in [0.2, 0.25) is 0 Å². The van der Waals surface area contributed by atoms with Gasteiger partial charge >= 0.3 is 12.1 Å². The Morgan fingerprint density at radius 1 is 0.917 bits per heavy atom. The Kier molecular flexibility index (Phi) is 8.89. The number of rotatable bonds is 10. The molecule has 13 heteroatoms.